The van der Waals surface area contributed by atoms with Gasteiger partial charge in [0.2, 0.25) is 5.88 Å². The number of thioether (sulfide) groups is 1. The van der Waals surface area contributed by atoms with E-state index < -0.39 is 0 Å². The summed E-state index contributed by atoms with van der Waals surface area (Å²) in [5, 5.41) is 2.86. The van der Waals surface area contributed by atoms with Crippen molar-refractivity contribution in [3.8, 4) is 5.88 Å². The minimum Gasteiger partial charge on any atom is -0.477 e. The second-order valence-electron chi connectivity index (χ2n) is 3.98. The monoisotopic (exact) mass is 288 g/mol. The molecule has 4 nitrogen and oxygen atoms in total. The number of anilines is 1. The lowest BCUT2D eigenvalue weighted by molar-refractivity contribution is 0.102. The molecule has 1 N–H and O–H groups in total. The molecule has 0 aliphatic rings. The third-order valence-electron chi connectivity index (χ3n) is 2.62. The first-order valence-corrected chi connectivity index (χ1v) is 7.50. The van der Waals surface area contributed by atoms with Gasteiger partial charge in [-0.15, -0.1) is 11.8 Å². The number of hydrogen-bond donors (Lipinski definition) is 1. The molecule has 0 radical (unpaired) electrons. The second kappa shape index (κ2) is 6.96. The van der Waals surface area contributed by atoms with Crippen LogP contribution in [0.4, 0.5) is 5.69 Å². The van der Waals surface area contributed by atoms with Crippen LogP contribution in [-0.4, -0.2) is 23.8 Å². The normalized spacial score (nSPS) is 10.1. The standard InChI is InChI=1S/C15H16N2O2S/c1-3-19-15-13(8-5-9-16-15)14(18)17-11-6-4-7-12(10-11)20-2/h4-10H,3H2,1-2H3,(H,17,18). The Morgan fingerprint density at radius 2 is 2.20 bits per heavy atom. The van der Waals surface area contributed by atoms with Crippen molar-refractivity contribution in [3.05, 3.63) is 48.2 Å². The summed E-state index contributed by atoms with van der Waals surface area (Å²) in [6.45, 7) is 2.33. The van der Waals surface area contributed by atoms with E-state index in [0.717, 1.165) is 10.6 Å². The topological polar surface area (TPSA) is 51.2 Å². The maximum absolute atomic E-state index is 12.3. The van der Waals surface area contributed by atoms with E-state index in [9.17, 15) is 4.79 Å². The number of nitrogens with zero attached hydrogens (tertiary/aromatic N) is 1. The Hall–Kier alpha value is -2.01. The van der Waals surface area contributed by atoms with E-state index in [-0.39, 0.29) is 5.91 Å². The Morgan fingerprint density at radius 3 is 2.95 bits per heavy atom. The molecule has 0 saturated heterocycles. The van der Waals surface area contributed by atoms with Crippen LogP contribution >= 0.6 is 11.8 Å². The zero-order chi connectivity index (χ0) is 14.4. The number of nitrogens with one attached hydrogen (secondary N) is 1. The van der Waals surface area contributed by atoms with Crippen LogP contribution in [0.3, 0.4) is 0 Å². The van der Waals surface area contributed by atoms with Crippen molar-refractivity contribution in [2.24, 2.45) is 0 Å². The summed E-state index contributed by atoms with van der Waals surface area (Å²) in [4.78, 5) is 17.4. The van der Waals surface area contributed by atoms with Gasteiger partial charge in [-0.05, 0) is 43.5 Å². The van der Waals surface area contributed by atoms with Crippen LogP contribution in [0.15, 0.2) is 47.5 Å². The SMILES string of the molecule is CCOc1ncccc1C(=O)Nc1cccc(SC)c1. The first-order chi connectivity index (χ1) is 9.74. The molecule has 0 saturated carbocycles. The molecule has 0 unspecified atom stereocenters. The number of pyridine rings is 1. The molecule has 1 aromatic heterocycles. The first kappa shape index (κ1) is 14.4. The molecular formula is C15H16N2O2S. The van der Waals surface area contributed by atoms with Crippen LogP contribution in [0, 0.1) is 0 Å². The Labute approximate surface area is 122 Å². The summed E-state index contributed by atoms with van der Waals surface area (Å²) >= 11 is 1.63. The fourth-order valence-corrected chi connectivity index (χ4v) is 2.17. The average Bonchev–Trinajstić information content (AvgIpc) is 2.48. The summed E-state index contributed by atoms with van der Waals surface area (Å²) in [5.41, 5.74) is 1.19. The minimum absolute atomic E-state index is 0.222. The van der Waals surface area contributed by atoms with E-state index in [0.29, 0.717) is 18.1 Å². The molecule has 1 aromatic carbocycles. The van der Waals surface area contributed by atoms with Gasteiger partial charge in [-0.25, -0.2) is 4.98 Å². The highest BCUT2D eigenvalue weighted by molar-refractivity contribution is 7.98. The number of rotatable bonds is 5. The summed E-state index contributed by atoms with van der Waals surface area (Å²) in [7, 11) is 0. The molecule has 5 heteroatoms. The van der Waals surface area contributed by atoms with Crippen molar-refractivity contribution in [3.63, 3.8) is 0 Å². The average molecular weight is 288 g/mol. The van der Waals surface area contributed by atoms with Crippen LogP contribution in [0.1, 0.15) is 17.3 Å². The molecular weight excluding hydrogens is 272 g/mol. The van der Waals surface area contributed by atoms with E-state index >= 15 is 0 Å². The quantitative estimate of drug-likeness (QED) is 0.856. The maximum atomic E-state index is 12.3. The number of benzene rings is 1. The van der Waals surface area contributed by atoms with Crippen LogP contribution in [-0.2, 0) is 0 Å². The van der Waals surface area contributed by atoms with Gasteiger partial charge in [0.15, 0.2) is 0 Å². The molecule has 104 valence electrons. The third kappa shape index (κ3) is 3.51. The van der Waals surface area contributed by atoms with E-state index in [1.54, 1.807) is 30.1 Å². The third-order valence-corrected chi connectivity index (χ3v) is 3.35. The van der Waals surface area contributed by atoms with Crippen molar-refractivity contribution in [2.45, 2.75) is 11.8 Å². The molecule has 0 atom stereocenters. The van der Waals surface area contributed by atoms with E-state index in [1.807, 2.05) is 37.4 Å². The number of carbonyl (C=O) groups is 1. The number of carbonyl (C=O) groups excluding carboxylic acids is 1. The van der Waals surface area contributed by atoms with E-state index in [4.69, 9.17) is 4.74 Å². The summed E-state index contributed by atoms with van der Waals surface area (Å²) in [6, 6.07) is 11.1. The predicted octanol–water partition coefficient (Wildman–Crippen LogP) is 3.45. The van der Waals surface area contributed by atoms with Gasteiger partial charge in [-0.2, -0.15) is 0 Å². The lowest BCUT2D eigenvalue weighted by Gasteiger charge is -2.09. The highest BCUT2D eigenvalue weighted by atomic mass is 32.2. The molecule has 1 amide bonds. The number of amides is 1. The van der Waals surface area contributed by atoms with Gasteiger partial charge < -0.3 is 10.1 Å². The summed E-state index contributed by atoms with van der Waals surface area (Å²) in [6.07, 6.45) is 3.60. The highest BCUT2D eigenvalue weighted by Gasteiger charge is 2.13. The van der Waals surface area contributed by atoms with Crippen molar-refractivity contribution in [1.29, 1.82) is 0 Å². The van der Waals surface area contributed by atoms with Crippen molar-refractivity contribution < 1.29 is 9.53 Å². The van der Waals surface area contributed by atoms with Crippen LogP contribution in [0.2, 0.25) is 0 Å². The Balaban J connectivity index is 2.19. The largest absolute Gasteiger partial charge is 0.477 e. The Bertz CT molecular complexity index is 602. The molecule has 0 aliphatic heterocycles. The second-order valence-corrected chi connectivity index (χ2v) is 4.85. The lowest BCUT2D eigenvalue weighted by atomic mass is 10.2. The van der Waals surface area contributed by atoms with Gasteiger partial charge >= 0.3 is 0 Å². The van der Waals surface area contributed by atoms with Crippen molar-refractivity contribution in [1.82, 2.24) is 4.98 Å². The molecule has 0 fully saturated rings. The zero-order valence-corrected chi connectivity index (χ0v) is 12.2. The summed E-state index contributed by atoms with van der Waals surface area (Å²) in [5.74, 6) is 0.133. The molecule has 0 spiro atoms. The fraction of sp³-hybridized carbons (Fsp3) is 0.200. The highest BCUT2D eigenvalue weighted by Crippen LogP contribution is 2.21. The lowest BCUT2D eigenvalue weighted by Crippen LogP contribution is -2.14. The van der Waals surface area contributed by atoms with Gasteiger partial charge in [0.05, 0.1) is 6.61 Å². The minimum atomic E-state index is -0.222. The number of hydrogen-bond acceptors (Lipinski definition) is 4. The molecule has 0 aliphatic carbocycles. The molecule has 20 heavy (non-hydrogen) atoms. The fourth-order valence-electron chi connectivity index (χ4n) is 1.71. The Kier molecular flexibility index (Phi) is 5.01. The van der Waals surface area contributed by atoms with Crippen LogP contribution in [0.25, 0.3) is 0 Å². The van der Waals surface area contributed by atoms with Gasteiger partial charge in [0, 0.05) is 16.8 Å². The van der Waals surface area contributed by atoms with E-state index in [2.05, 4.69) is 10.3 Å². The predicted molar refractivity (Wildman–Crippen MR) is 81.6 cm³/mol. The van der Waals surface area contributed by atoms with E-state index in [1.165, 1.54) is 0 Å². The van der Waals surface area contributed by atoms with Gasteiger partial charge in [-0.3, -0.25) is 4.79 Å². The summed E-state index contributed by atoms with van der Waals surface area (Å²) < 4.78 is 5.36. The zero-order valence-electron chi connectivity index (χ0n) is 11.4. The maximum Gasteiger partial charge on any atom is 0.261 e. The smallest absolute Gasteiger partial charge is 0.261 e. The number of ether oxygens (including phenoxy) is 1. The van der Waals surface area contributed by atoms with Crippen LogP contribution < -0.4 is 10.1 Å². The Morgan fingerprint density at radius 1 is 1.35 bits per heavy atom. The van der Waals surface area contributed by atoms with Gasteiger partial charge in [0.1, 0.15) is 5.56 Å². The van der Waals surface area contributed by atoms with Crippen LogP contribution in [0.5, 0.6) is 5.88 Å². The van der Waals surface area contributed by atoms with Gasteiger partial charge in [-0.1, -0.05) is 6.07 Å². The number of aromatic nitrogens is 1. The van der Waals surface area contributed by atoms with Crippen molar-refractivity contribution in [2.75, 3.05) is 18.2 Å². The molecule has 1 heterocycles. The van der Waals surface area contributed by atoms with Gasteiger partial charge in [0.25, 0.3) is 5.91 Å². The first-order valence-electron chi connectivity index (χ1n) is 6.27. The molecule has 2 aromatic rings. The van der Waals surface area contributed by atoms with Crippen molar-refractivity contribution >= 4 is 23.4 Å². The molecule has 2 rings (SSSR count). The molecule has 0 bridgehead atoms.